The highest BCUT2D eigenvalue weighted by Gasteiger charge is 2.53. The van der Waals surface area contributed by atoms with Crippen LogP contribution in [0.1, 0.15) is 35.5 Å². The molecule has 3 heterocycles. The van der Waals surface area contributed by atoms with Gasteiger partial charge in [0.1, 0.15) is 6.10 Å². The summed E-state index contributed by atoms with van der Waals surface area (Å²) in [5.41, 5.74) is -0.799. The third kappa shape index (κ3) is 3.41. The van der Waals surface area contributed by atoms with E-state index in [4.69, 9.17) is 9.47 Å². The molecule has 0 bridgehead atoms. The van der Waals surface area contributed by atoms with Gasteiger partial charge in [-0.2, -0.15) is 9.44 Å². The number of morpholine rings is 1. The Morgan fingerprint density at radius 3 is 2.48 bits per heavy atom. The molecule has 0 saturated carbocycles. The number of halogens is 1. The van der Waals surface area contributed by atoms with Crippen LogP contribution in [0.2, 0.25) is 0 Å². The van der Waals surface area contributed by atoms with Crippen LogP contribution in [0.4, 0.5) is 5.82 Å². The Kier molecular flexibility index (Phi) is 5.42. The van der Waals surface area contributed by atoms with Crippen LogP contribution < -0.4 is 22.0 Å². The smallest absolute Gasteiger partial charge is 1.00 e. The molecule has 1 N–H and O–H groups in total. The van der Waals surface area contributed by atoms with Crippen LogP contribution >= 0.6 is 11.7 Å². The zero-order chi connectivity index (χ0) is 16.0. The Balaban J connectivity index is 0.00000144. The first-order valence-corrected chi connectivity index (χ1v) is 8.36. The monoisotopic (exact) mass is 364 g/mol. The minimum atomic E-state index is -0.477. The second kappa shape index (κ2) is 6.68. The molecule has 1 aromatic rings. The third-order valence-electron chi connectivity index (χ3n) is 4.60. The molecule has 1 unspecified atom stereocenters. The quantitative estimate of drug-likeness (QED) is 0.729. The van der Waals surface area contributed by atoms with E-state index in [1.165, 1.54) is 5.06 Å². The van der Waals surface area contributed by atoms with E-state index < -0.39 is 5.54 Å². The molecular weight excluding hydrogens is 340 g/mol. The van der Waals surface area contributed by atoms with E-state index in [0.29, 0.717) is 19.1 Å². The summed E-state index contributed by atoms with van der Waals surface area (Å²) >= 11 is 1.16. The molecule has 0 radical (unpaired) electrons. The molecule has 7 nitrogen and oxygen atoms in total. The largest absolute Gasteiger partial charge is 1.00 e. The van der Waals surface area contributed by atoms with Crippen molar-refractivity contribution in [3.05, 3.63) is 0 Å². The lowest BCUT2D eigenvalue weighted by Gasteiger charge is -2.35. The van der Waals surface area contributed by atoms with E-state index in [1.807, 2.05) is 27.7 Å². The Hall–Kier alpha value is -0.670. The maximum Gasteiger partial charge on any atom is 1.00 e. The van der Waals surface area contributed by atoms with Gasteiger partial charge < -0.3 is 32.0 Å². The molecule has 1 aromatic heterocycles. The normalized spacial score (nSPS) is 26.8. The van der Waals surface area contributed by atoms with E-state index >= 15 is 0 Å². The summed E-state index contributed by atoms with van der Waals surface area (Å²) in [5, 5.41) is 11.8. The first kappa shape index (κ1) is 18.7. The van der Waals surface area contributed by atoms with Gasteiger partial charge in [0, 0.05) is 25.0 Å². The van der Waals surface area contributed by atoms with Gasteiger partial charge in [-0.3, -0.25) is 0 Å². The molecule has 3 rings (SSSR count). The van der Waals surface area contributed by atoms with Gasteiger partial charge in [0.2, 0.25) is 5.82 Å². The highest BCUT2D eigenvalue weighted by molar-refractivity contribution is 6.99. The fourth-order valence-electron chi connectivity index (χ4n) is 3.25. The van der Waals surface area contributed by atoms with Crippen molar-refractivity contribution in [2.75, 3.05) is 31.2 Å². The topological polar surface area (TPSA) is 71.0 Å². The van der Waals surface area contributed by atoms with Crippen molar-refractivity contribution in [1.29, 1.82) is 0 Å². The molecule has 2 aliphatic rings. The second-order valence-electron chi connectivity index (χ2n) is 7.08. The Morgan fingerprint density at radius 2 is 1.91 bits per heavy atom. The second-order valence-corrected chi connectivity index (χ2v) is 7.61. The number of hydroxylamine groups is 2. The number of hydrogen-bond acceptors (Lipinski definition) is 8. The molecule has 0 amide bonds. The van der Waals surface area contributed by atoms with Gasteiger partial charge >= 0.3 is 1.43 Å². The average Bonchev–Trinajstić information content (AvgIpc) is 2.99. The lowest BCUT2D eigenvalue weighted by molar-refractivity contribution is -0.199. The van der Waals surface area contributed by atoms with E-state index in [0.717, 1.165) is 37.1 Å². The Bertz CT molecular complexity index is 540. The Morgan fingerprint density at radius 1 is 1.26 bits per heavy atom. The van der Waals surface area contributed by atoms with Gasteiger partial charge in [0.25, 0.3) is 5.88 Å². The van der Waals surface area contributed by atoms with Crippen LogP contribution in [0.5, 0.6) is 5.88 Å². The van der Waals surface area contributed by atoms with Crippen molar-refractivity contribution >= 4 is 17.5 Å². The van der Waals surface area contributed by atoms with Crippen molar-refractivity contribution in [3.63, 3.8) is 0 Å². The third-order valence-corrected chi connectivity index (χ3v) is 5.10. The SMILES string of the molecule is CC1(C)CC(Oc2nsnc2N2CCOCC2)C(C)(C)N1O.[Cl-].[H+]. The molecule has 0 aromatic carbocycles. The lowest BCUT2D eigenvalue weighted by Crippen LogP contribution is -3.00. The minimum absolute atomic E-state index is 0. The van der Waals surface area contributed by atoms with Crippen LogP contribution in [-0.4, -0.2) is 62.5 Å². The van der Waals surface area contributed by atoms with Crippen LogP contribution in [0.15, 0.2) is 0 Å². The first-order chi connectivity index (χ1) is 10.3. The summed E-state index contributed by atoms with van der Waals surface area (Å²) in [6.45, 7) is 11.0. The van der Waals surface area contributed by atoms with Gasteiger partial charge in [0.05, 0.1) is 30.5 Å². The zero-order valence-corrected chi connectivity index (χ0v) is 15.5. The van der Waals surface area contributed by atoms with Crippen LogP contribution in [0, 0.1) is 0 Å². The molecule has 23 heavy (non-hydrogen) atoms. The highest BCUT2D eigenvalue weighted by Crippen LogP contribution is 2.42. The summed E-state index contributed by atoms with van der Waals surface area (Å²) in [4.78, 5) is 2.14. The maximum atomic E-state index is 10.4. The molecule has 0 spiro atoms. The number of aromatic nitrogens is 2. The first-order valence-electron chi connectivity index (χ1n) is 7.63. The number of anilines is 1. The van der Waals surface area contributed by atoms with Crippen molar-refractivity contribution in [2.45, 2.75) is 51.3 Å². The highest BCUT2D eigenvalue weighted by atomic mass is 35.5. The van der Waals surface area contributed by atoms with E-state index in [9.17, 15) is 5.21 Å². The predicted molar refractivity (Wildman–Crippen MR) is 84.9 cm³/mol. The summed E-state index contributed by atoms with van der Waals surface area (Å²) in [7, 11) is 0. The predicted octanol–water partition coefficient (Wildman–Crippen LogP) is -1.11. The Labute approximate surface area is 148 Å². The van der Waals surface area contributed by atoms with Crippen LogP contribution in [0.25, 0.3) is 0 Å². The maximum absolute atomic E-state index is 10.4. The number of hydrogen-bond donors (Lipinski definition) is 1. The number of ether oxygens (including phenoxy) is 2. The average molecular weight is 365 g/mol. The van der Waals surface area contributed by atoms with E-state index in [-0.39, 0.29) is 25.5 Å². The summed E-state index contributed by atoms with van der Waals surface area (Å²) in [6.07, 6.45) is 0.590. The molecule has 9 heteroatoms. The van der Waals surface area contributed by atoms with Gasteiger partial charge in [-0.1, -0.05) is 0 Å². The van der Waals surface area contributed by atoms with Crippen LogP contribution in [-0.2, 0) is 4.74 Å². The van der Waals surface area contributed by atoms with Crippen molar-refractivity contribution in [1.82, 2.24) is 13.8 Å². The minimum Gasteiger partial charge on any atom is -1.00 e. The van der Waals surface area contributed by atoms with Crippen LogP contribution in [0.3, 0.4) is 0 Å². The summed E-state index contributed by atoms with van der Waals surface area (Å²) in [6, 6.07) is 0. The van der Waals surface area contributed by atoms with Crippen molar-refractivity contribution in [3.8, 4) is 5.88 Å². The fraction of sp³-hybridized carbons (Fsp3) is 0.857. The molecule has 2 aliphatic heterocycles. The standard InChI is InChI=1S/C14H24N4O3S.ClH/c1-13(2)9-10(14(3,4)18(13)19)21-12-11(15-22-16-12)17-5-7-20-8-6-17;/h10,19H,5-9H2,1-4H3;1H. The summed E-state index contributed by atoms with van der Waals surface area (Å²) in [5.74, 6) is 1.36. The molecule has 2 fully saturated rings. The number of rotatable bonds is 3. The van der Waals surface area contributed by atoms with E-state index in [1.54, 1.807) is 0 Å². The van der Waals surface area contributed by atoms with Crippen molar-refractivity contribution in [2.24, 2.45) is 0 Å². The fourth-order valence-corrected chi connectivity index (χ4v) is 3.76. The zero-order valence-electron chi connectivity index (χ0n) is 15.0. The molecular formula is C14H25ClN4O3S. The molecule has 0 aliphatic carbocycles. The van der Waals surface area contributed by atoms with Gasteiger partial charge in [-0.15, -0.1) is 4.37 Å². The number of nitrogens with zero attached hydrogens (tertiary/aromatic N) is 4. The van der Waals surface area contributed by atoms with Gasteiger partial charge in [-0.25, -0.2) is 0 Å². The summed E-state index contributed by atoms with van der Waals surface area (Å²) < 4.78 is 20.3. The lowest BCUT2D eigenvalue weighted by atomic mass is 9.97. The molecule has 132 valence electrons. The van der Waals surface area contributed by atoms with E-state index in [2.05, 4.69) is 13.6 Å². The van der Waals surface area contributed by atoms with Crippen molar-refractivity contribution < 1.29 is 28.5 Å². The molecule has 2 saturated heterocycles. The molecule has 1 atom stereocenters. The van der Waals surface area contributed by atoms with Gasteiger partial charge in [0.15, 0.2) is 0 Å². The van der Waals surface area contributed by atoms with Gasteiger partial charge in [-0.05, 0) is 27.7 Å².